The molecular weight excluding hydrogens is 270 g/mol. The van der Waals surface area contributed by atoms with E-state index in [0.29, 0.717) is 24.6 Å². The summed E-state index contributed by atoms with van der Waals surface area (Å²) < 4.78 is 5.16. The van der Waals surface area contributed by atoms with E-state index in [1.54, 1.807) is 25.3 Å². The van der Waals surface area contributed by atoms with Crippen molar-refractivity contribution >= 4 is 11.9 Å². The number of carboxylic acid groups (broad SMARTS) is 1. The number of hydrogen-bond acceptors (Lipinski definition) is 3. The normalized spacial score (nSPS) is 18.5. The number of aromatic carboxylic acids is 1. The van der Waals surface area contributed by atoms with E-state index < -0.39 is 5.97 Å². The zero-order valence-corrected chi connectivity index (χ0v) is 12.2. The molecule has 1 N–H and O–H groups in total. The zero-order chi connectivity index (χ0) is 15.2. The van der Waals surface area contributed by atoms with Crippen LogP contribution >= 0.6 is 0 Å². The van der Waals surface area contributed by atoms with Gasteiger partial charge in [0.25, 0.3) is 0 Å². The molecule has 0 aliphatic carbocycles. The Morgan fingerprint density at radius 1 is 1.38 bits per heavy atom. The Kier molecular flexibility index (Phi) is 5.33. The van der Waals surface area contributed by atoms with E-state index in [4.69, 9.17) is 9.84 Å². The van der Waals surface area contributed by atoms with Crippen LogP contribution in [-0.2, 0) is 16.0 Å². The first-order chi connectivity index (χ1) is 10.1. The first-order valence-electron chi connectivity index (χ1n) is 7.19. The predicted molar refractivity (Wildman–Crippen MR) is 78.3 cm³/mol. The third kappa shape index (κ3) is 4.04. The molecule has 5 nitrogen and oxygen atoms in total. The molecule has 1 aliphatic rings. The summed E-state index contributed by atoms with van der Waals surface area (Å²) in [6, 6.07) is 6.68. The van der Waals surface area contributed by atoms with Gasteiger partial charge in [0.1, 0.15) is 0 Å². The molecular formula is C16H21NO4. The van der Waals surface area contributed by atoms with Gasteiger partial charge in [0.15, 0.2) is 0 Å². The molecule has 5 heteroatoms. The first kappa shape index (κ1) is 15.5. The summed E-state index contributed by atoms with van der Waals surface area (Å²) in [5.74, 6) is -0.624. The van der Waals surface area contributed by atoms with Crippen LogP contribution in [-0.4, -0.2) is 48.7 Å². The van der Waals surface area contributed by atoms with Crippen molar-refractivity contribution < 1.29 is 19.4 Å². The number of nitrogens with zero attached hydrogens (tertiary/aromatic N) is 1. The zero-order valence-electron chi connectivity index (χ0n) is 12.2. The Hall–Kier alpha value is -1.88. The summed E-state index contributed by atoms with van der Waals surface area (Å²) in [7, 11) is 1.67. The molecule has 21 heavy (non-hydrogen) atoms. The lowest BCUT2D eigenvalue weighted by Gasteiger charge is -2.32. The number of carbonyl (C=O) groups is 2. The van der Waals surface area contributed by atoms with Gasteiger partial charge in [-0.15, -0.1) is 0 Å². The number of hydrogen-bond donors (Lipinski definition) is 1. The lowest BCUT2D eigenvalue weighted by Crippen LogP contribution is -2.42. The van der Waals surface area contributed by atoms with Gasteiger partial charge in [0.05, 0.1) is 18.6 Å². The second-order valence-corrected chi connectivity index (χ2v) is 5.44. The minimum Gasteiger partial charge on any atom is -0.478 e. The fourth-order valence-electron chi connectivity index (χ4n) is 2.82. The average Bonchev–Trinajstić information content (AvgIpc) is 2.48. The topological polar surface area (TPSA) is 66.8 Å². The second kappa shape index (κ2) is 7.22. The van der Waals surface area contributed by atoms with E-state index in [9.17, 15) is 9.59 Å². The third-order valence-corrected chi connectivity index (χ3v) is 3.86. The van der Waals surface area contributed by atoms with Crippen molar-refractivity contribution in [1.82, 2.24) is 4.90 Å². The number of rotatable bonds is 5. The monoisotopic (exact) mass is 291 g/mol. The van der Waals surface area contributed by atoms with Crippen LogP contribution in [0.3, 0.4) is 0 Å². The number of piperidine rings is 1. The lowest BCUT2D eigenvalue weighted by molar-refractivity contribution is -0.132. The molecule has 1 saturated heterocycles. The lowest BCUT2D eigenvalue weighted by atomic mass is 9.97. The molecule has 1 aromatic carbocycles. The Labute approximate surface area is 124 Å². The fourth-order valence-corrected chi connectivity index (χ4v) is 2.82. The minimum atomic E-state index is -0.991. The van der Waals surface area contributed by atoms with E-state index in [0.717, 1.165) is 19.4 Å². The first-order valence-corrected chi connectivity index (χ1v) is 7.19. The quantitative estimate of drug-likeness (QED) is 0.898. The molecule has 2 rings (SSSR count). The smallest absolute Gasteiger partial charge is 0.335 e. The summed E-state index contributed by atoms with van der Waals surface area (Å²) in [6.07, 6.45) is 2.19. The highest BCUT2D eigenvalue weighted by Crippen LogP contribution is 2.18. The molecule has 1 atom stereocenters. The molecule has 0 saturated carbocycles. The largest absolute Gasteiger partial charge is 0.478 e. The maximum absolute atomic E-state index is 12.4. The van der Waals surface area contributed by atoms with Gasteiger partial charge in [-0.2, -0.15) is 0 Å². The van der Waals surface area contributed by atoms with Crippen molar-refractivity contribution in [3.05, 3.63) is 35.4 Å². The molecule has 114 valence electrons. The van der Waals surface area contributed by atoms with E-state index in [1.165, 1.54) is 6.07 Å². The number of amides is 1. The SMILES string of the molecule is COCC1CCCN(C(=O)Cc2ccccc2C(=O)O)C1. The molecule has 1 fully saturated rings. The summed E-state index contributed by atoms with van der Waals surface area (Å²) in [5, 5.41) is 9.16. The van der Waals surface area contributed by atoms with Gasteiger partial charge >= 0.3 is 5.97 Å². The number of ether oxygens (including phenoxy) is 1. The maximum Gasteiger partial charge on any atom is 0.335 e. The molecule has 1 aliphatic heterocycles. The van der Waals surface area contributed by atoms with Gasteiger partial charge in [0.2, 0.25) is 5.91 Å². The second-order valence-electron chi connectivity index (χ2n) is 5.44. The van der Waals surface area contributed by atoms with Crippen molar-refractivity contribution in [2.75, 3.05) is 26.8 Å². The van der Waals surface area contributed by atoms with Gasteiger partial charge in [-0.1, -0.05) is 18.2 Å². The van der Waals surface area contributed by atoms with E-state index in [-0.39, 0.29) is 17.9 Å². The standard InChI is InChI=1S/C16H21NO4/c1-21-11-12-5-4-8-17(10-12)15(18)9-13-6-2-3-7-14(13)16(19)20/h2-3,6-7,12H,4-5,8-11H2,1H3,(H,19,20). The molecule has 1 amide bonds. The molecule has 1 unspecified atom stereocenters. The summed E-state index contributed by atoms with van der Waals surface area (Å²) >= 11 is 0. The van der Waals surface area contributed by atoms with E-state index in [1.807, 2.05) is 4.90 Å². The summed E-state index contributed by atoms with van der Waals surface area (Å²) in [6.45, 7) is 2.10. The van der Waals surface area contributed by atoms with Crippen LogP contribution in [0.4, 0.5) is 0 Å². The van der Waals surface area contributed by atoms with Crippen LogP contribution in [0.25, 0.3) is 0 Å². The number of carbonyl (C=O) groups excluding carboxylic acids is 1. The highest BCUT2D eigenvalue weighted by atomic mass is 16.5. The summed E-state index contributed by atoms with van der Waals surface area (Å²) in [5.41, 5.74) is 0.778. The predicted octanol–water partition coefficient (Wildman–Crippen LogP) is 1.81. The van der Waals surface area contributed by atoms with Crippen LogP contribution in [0.1, 0.15) is 28.8 Å². The van der Waals surface area contributed by atoms with Crippen LogP contribution < -0.4 is 0 Å². The molecule has 0 aromatic heterocycles. The Balaban J connectivity index is 2.03. The average molecular weight is 291 g/mol. The van der Waals surface area contributed by atoms with Gasteiger partial charge in [-0.25, -0.2) is 4.79 Å². The van der Waals surface area contributed by atoms with Crippen LogP contribution in [0.15, 0.2) is 24.3 Å². The summed E-state index contributed by atoms with van der Waals surface area (Å²) in [4.78, 5) is 25.4. The van der Waals surface area contributed by atoms with E-state index in [2.05, 4.69) is 0 Å². The fraction of sp³-hybridized carbons (Fsp3) is 0.500. The molecule has 0 spiro atoms. The number of likely N-dealkylation sites (tertiary alicyclic amines) is 1. The molecule has 0 radical (unpaired) electrons. The van der Waals surface area contributed by atoms with Crippen molar-refractivity contribution in [3.63, 3.8) is 0 Å². The van der Waals surface area contributed by atoms with Gasteiger partial charge in [0, 0.05) is 20.2 Å². The third-order valence-electron chi connectivity index (χ3n) is 3.86. The van der Waals surface area contributed by atoms with Crippen molar-refractivity contribution in [2.24, 2.45) is 5.92 Å². The Morgan fingerprint density at radius 3 is 2.86 bits per heavy atom. The van der Waals surface area contributed by atoms with Gasteiger partial charge in [-0.05, 0) is 30.4 Å². The van der Waals surface area contributed by atoms with Crippen molar-refractivity contribution in [2.45, 2.75) is 19.3 Å². The molecule has 1 aromatic rings. The van der Waals surface area contributed by atoms with E-state index >= 15 is 0 Å². The molecule has 1 heterocycles. The minimum absolute atomic E-state index is 0.00972. The highest BCUT2D eigenvalue weighted by molar-refractivity contribution is 5.91. The van der Waals surface area contributed by atoms with Gasteiger partial charge in [-0.3, -0.25) is 4.79 Å². The Morgan fingerprint density at radius 2 is 2.14 bits per heavy atom. The van der Waals surface area contributed by atoms with Crippen LogP contribution in [0.5, 0.6) is 0 Å². The van der Waals surface area contributed by atoms with Crippen molar-refractivity contribution in [1.29, 1.82) is 0 Å². The van der Waals surface area contributed by atoms with Crippen molar-refractivity contribution in [3.8, 4) is 0 Å². The van der Waals surface area contributed by atoms with Crippen LogP contribution in [0, 0.1) is 5.92 Å². The number of carboxylic acids is 1. The Bertz CT molecular complexity index is 513. The van der Waals surface area contributed by atoms with Gasteiger partial charge < -0.3 is 14.7 Å². The van der Waals surface area contributed by atoms with Crippen LogP contribution in [0.2, 0.25) is 0 Å². The highest BCUT2D eigenvalue weighted by Gasteiger charge is 2.24. The number of methoxy groups -OCH3 is 1. The molecule has 0 bridgehead atoms. The maximum atomic E-state index is 12.4. The number of benzene rings is 1.